The highest BCUT2D eigenvalue weighted by Gasteiger charge is 2.09. The number of carbonyl (C=O) groups is 1. The number of likely N-dealkylation sites (N-methyl/N-ethyl adjacent to an activating group) is 1. The van der Waals surface area contributed by atoms with E-state index in [-0.39, 0.29) is 6.03 Å². The standard InChI is InChI=1S/C20H22N4O2/c1-23(14-15-26-19-6-3-2-4-7-19)20(25)22-18-10-8-17(9-11-18)16-24-13-5-12-21-24/h2-13H,14-16H2,1H3,(H,22,25). The van der Waals surface area contributed by atoms with E-state index >= 15 is 0 Å². The summed E-state index contributed by atoms with van der Waals surface area (Å²) in [5.74, 6) is 0.800. The van der Waals surface area contributed by atoms with Crippen LogP contribution >= 0.6 is 0 Å². The summed E-state index contributed by atoms with van der Waals surface area (Å²) in [6, 6.07) is 19.0. The van der Waals surface area contributed by atoms with Gasteiger partial charge in [-0.15, -0.1) is 0 Å². The smallest absolute Gasteiger partial charge is 0.321 e. The van der Waals surface area contributed by atoms with Crippen LogP contribution in [0.15, 0.2) is 73.1 Å². The molecule has 3 aromatic rings. The van der Waals surface area contributed by atoms with Crippen LogP contribution in [0.2, 0.25) is 0 Å². The van der Waals surface area contributed by atoms with Crippen molar-refractivity contribution in [3.05, 3.63) is 78.6 Å². The molecular formula is C20H22N4O2. The number of hydrogen-bond donors (Lipinski definition) is 1. The molecule has 1 aromatic heterocycles. The van der Waals surface area contributed by atoms with Crippen molar-refractivity contribution >= 4 is 11.7 Å². The molecule has 0 aliphatic heterocycles. The number of benzene rings is 2. The van der Waals surface area contributed by atoms with Crippen molar-refractivity contribution in [1.29, 1.82) is 0 Å². The molecule has 2 aromatic carbocycles. The number of nitrogens with one attached hydrogen (secondary N) is 1. The van der Waals surface area contributed by atoms with Gasteiger partial charge in [-0.1, -0.05) is 30.3 Å². The minimum atomic E-state index is -0.165. The third-order valence-electron chi connectivity index (χ3n) is 3.89. The fourth-order valence-corrected chi connectivity index (χ4v) is 2.41. The zero-order valence-electron chi connectivity index (χ0n) is 14.7. The molecule has 0 saturated carbocycles. The minimum absolute atomic E-state index is 0.165. The molecule has 2 amide bonds. The molecule has 26 heavy (non-hydrogen) atoms. The Bertz CT molecular complexity index is 802. The summed E-state index contributed by atoms with van der Waals surface area (Å²) in [5, 5.41) is 7.07. The summed E-state index contributed by atoms with van der Waals surface area (Å²) in [5.41, 5.74) is 1.88. The number of aromatic nitrogens is 2. The first kappa shape index (κ1) is 17.5. The average molecular weight is 350 g/mol. The van der Waals surface area contributed by atoms with Gasteiger partial charge in [-0.3, -0.25) is 4.68 Å². The third kappa shape index (κ3) is 5.11. The zero-order valence-corrected chi connectivity index (χ0v) is 14.7. The first-order chi connectivity index (χ1) is 12.7. The van der Waals surface area contributed by atoms with Crippen LogP contribution in [0.3, 0.4) is 0 Å². The van der Waals surface area contributed by atoms with E-state index in [1.807, 2.05) is 71.5 Å². The summed E-state index contributed by atoms with van der Waals surface area (Å²) < 4.78 is 7.47. The maximum Gasteiger partial charge on any atom is 0.321 e. The van der Waals surface area contributed by atoms with Crippen molar-refractivity contribution in [2.75, 3.05) is 25.5 Å². The van der Waals surface area contributed by atoms with Gasteiger partial charge in [0.05, 0.1) is 13.1 Å². The van der Waals surface area contributed by atoms with Gasteiger partial charge in [-0.05, 0) is 35.9 Å². The van der Waals surface area contributed by atoms with E-state index in [1.54, 1.807) is 18.1 Å². The Morgan fingerprint density at radius 2 is 1.88 bits per heavy atom. The zero-order chi connectivity index (χ0) is 18.2. The highest BCUT2D eigenvalue weighted by atomic mass is 16.5. The minimum Gasteiger partial charge on any atom is -0.492 e. The summed E-state index contributed by atoms with van der Waals surface area (Å²) in [4.78, 5) is 13.8. The lowest BCUT2D eigenvalue weighted by Crippen LogP contribution is -2.34. The van der Waals surface area contributed by atoms with Gasteiger partial charge in [-0.25, -0.2) is 4.79 Å². The predicted molar refractivity (Wildman–Crippen MR) is 101 cm³/mol. The predicted octanol–water partition coefficient (Wildman–Crippen LogP) is 3.47. The summed E-state index contributed by atoms with van der Waals surface area (Å²) in [7, 11) is 1.75. The Kier molecular flexibility index (Phi) is 5.88. The topological polar surface area (TPSA) is 59.4 Å². The van der Waals surface area contributed by atoms with E-state index in [2.05, 4.69) is 10.4 Å². The van der Waals surface area contributed by atoms with Crippen molar-refractivity contribution in [2.24, 2.45) is 0 Å². The van der Waals surface area contributed by atoms with Crippen molar-refractivity contribution in [2.45, 2.75) is 6.54 Å². The Morgan fingerprint density at radius 3 is 2.58 bits per heavy atom. The molecule has 134 valence electrons. The molecule has 0 radical (unpaired) electrons. The van der Waals surface area contributed by atoms with Gasteiger partial charge < -0.3 is 15.0 Å². The average Bonchev–Trinajstić information content (AvgIpc) is 3.17. The lowest BCUT2D eigenvalue weighted by molar-refractivity contribution is 0.207. The lowest BCUT2D eigenvalue weighted by Gasteiger charge is -2.18. The number of hydrogen-bond acceptors (Lipinski definition) is 3. The second-order valence-electron chi connectivity index (χ2n) is 5.91. The van der Waals surface area contributed by atoms with Gasteiger partial charge in [0.15, 0.2) is 0 Å². The van der Waals surface area contributed by atoms with Crippen LogP contribution in [-0.2, 0) is 6.54 Å². The molecule has 0 bridgehead atoms. The van der Waals surface area contributed by atoms with Gasteiger partial charge in [0, 0.05) is 25.1 Å². The van der Waals surface area contributed by atoms with Gasteiger partial charge >= 0.3 is 6.03 Å². The number of rotatable bonds is 7. The molecule has 3 rings (SSSR count). The number of ether oxygens (including phenoxy) is 1. The molecule has 0 aliphatic carbocycles. The maximum atomic E-state index is 12.2. The van der Waals surface area contributed by atoms with E-state index in [9.17, 15) is 4.79 Å². The van der Waals surface area contributed by atoms with Crippen molar-refractivity contribution in [1.82, 2.24) is 14.7 Å². The third-order valence-corrected chi connectivity index (χ3v) is 3.89. The second-order valence-corrected chi connectivity index (χ2v) is 5.91. The number of amides is 2. The Morgan fingerprint density at radius 1 is 1.12 bits per heavy atom. The molecule has 0 unspecified atom stereocenters. The van der Waals surface area contributed by atoms with Gasteiger partial charge in [-0.2, -0.15) is 5.10 Å². The molecule has 6 heteroatoms. The normalized spacial score (nSPS) is 10.3. The molecule has 0 fully saturated rings. The Balaban J connectivity index is 1.44. The number of anilines is 1. The quantitative estimate of drug-likeness (QED) is 0.710. The van der Waals surface area contributed by atoms with Gasteiger partial charge in [0.2, 0.25) is 0 Å². The van der Waals surface area contributed by atoms with E-state index in [1.165, 1.54) is 0 Å². The highest BCUT2D eigenvalue weighted by Crippen LogP contribution is 2.12. The Hall–Kier alpha value is -3.28. The molecule has 1 N–H and O–H groups in total. The van der Waals surface area contributed by atoms with Crippen LogP contribution < -0.4 is 10.1 Å². The summed E-state index contributed by atoms with van der Waals surface area (Å²) in [6.07, 6.45) is 3.67. The van der Waals surface area contributed by atoms with Crippen molar-refractivity contribution < 1.29 is 9.53 Å². The van der Waals surface area contributed by atoms with Crippen LogP contribution in [0, 0.1) is 0 Å². The number of carbonyl (C=O) groups excluding carboxylic acids is 1. The fraction of sp³-hybridized carbons (Fsp3) is 0.200. The molecule has 0 aliphatic rings. The van der Waals surface area contributed by atoms with Crippen LogP contribution in [0.4, 0.5) is 10.5 Å². The maximum absolute atomic E-state index is 12.2. The SMILES string of the molecule is CN(CCOc1ccccc1)C(=O)Nc1ccc(Cn2cccn2)cc1. The van der Waals surface area contributed by atoms with Crippen LogP contribution in [0.25, 0.3) is 0 Å². The van der Waals surface area contributed by atoms with Gasteiger partial charge in [0.1, 0.15) is 12.4 Å². The number of urea groups is 1. The molecule has 0 spiro atoms. The van der Waals surface area contributed by atoms with Crippen molar-refractivity contribution in [3.8, 4) is 5.75 Å². The number of nitrogens with zero attached hydrogens (tertiary/aromatic N) is 3. The van der Waals surface area contributed by atoms with E-state index in [0.29, 0.717) is 19.7 Å². The van der Waals surface area contributed by atoms with Gasteiger partial charge in [0.25, 0.3) is 0 Å². The molecule has 0 atom stereocenters. The summed E-state index contributed by atoms with van der Waals surface area (Å²) in [6.45, 7) is 1.65. The van der Waals surface area contributed by atoms with E-state index in [0.717, 1.165) is 17.0 Å². The molecule has 0 saturated heterocycles. The first-order valence-corrected chi connectivity index (χ1v) is 8.47. The lowest BCUT2D eigenvalue weighted by atomic mass is 10.2. The van der Waals surface area contributed by atoms with E-state index < -0.39 is 0 Å². The van der Waals surface area contributed by atoms with E-state index in [4.69, 9.17) is 4.74 Å². The van der Waals surface area contributed by atoms with Crippen LogP contribution in [0.1, 0.15) is 5.56 Å². The summed E-state index contributed by atoms with van der Waals surface area (Å²) >= 11 is 0. The monoisotopic (exact) mass is 350 g/mol. The number of para-hydroxylation sites is 1. The van der Waals surface area contributed by atoms with Crippen LogP contribution in [-0.4, -0.2) is 40.9 Å². The first-order valence-electron chi connectivity index (χ1n) is 8.47. The van der Waals surface area contributed by atoms with Crippen LogP contribution in [0.5, 0.6) is 5.75 Å². The fourth-order valence-electron chi connectivity index (χ4n) is 2.41. The second kappa shape index (κ2) is 8.71. The molecule has 6 nitrogen and oxygen atoms in total. The highest BCUT2D eigenvalue weighted by molar-refractivity contribution is 5.89. The Labute approximate surface area is 153 Å². The molecular weight excluding hydrogens is 328 g/mol. The molecule has 1 heterocycles. The van der Waals surface area contributed by atoms with Crippen molar-refractivity contribution in [3.63, 3.8) is 0 Å². The largest absolute Gasteiger partial charge is 0.492 e.